The van der Waals surface area contributed by atoms with E-state index in [0.717, 1.165) is 25.7 Å². The van der Waals surface area contributed by atoms with Crippen LogP contribution >= 0.6 is 11.8 Å². The largest absolute Gasteiger partial charge is 0.447 e. The third-order valence-corrected chi connectivity index (χ3v) is 4.57. The van der Waals surface area contributed by atoms with Crippen LogP contribution < -0.4 is 0 Å². The lowest BCUT2D eigenvalue weighted by Crippen LogP contribution is -2.33. The van der Waals surface area contributed by atoms with Gasteiger partial charge in [-0.25, -0.2) is 4.98 Å². The van der Waals surface area contributed by atoms with Gasteiger partial charge in [0, 0.05) is 31.6 Å². The molecule has 1 aliphatic rings. The van der Waals surface area contributed by atoms with Crippen molar-refractivity contribution in [3.8, 4) is 0 Å². The molecule has 1 aliphatic carbocycles. The summed E-state index contributed by atoms with van der Waals surface area (Å²) in [5, 5.41) is -0.282. The maximum atomic E-state index is 12.6. The van der Waals surface area contributed by atoms with Gasteiger partial charge >= 0.3 is 5.51 Å². The lowest BCUT2D eigenvalue weighted by atomic mass is 9.89. The summed E-state index contributed by atoms with van der Waals surface area (Å²) in [6, 6.07) is 2.89. The van der Waals surface area contributed by atoms with Crippen LogP contribution in [0.1, 0.15) is 42.5 Å². The van der Waals surface area contributed by atoms with E-state index in [1.165, 1.54) is 29.7 Å². The second-order valence-electron chi connectivity index (χ2n) is 5.59. The number of alkyl halides is 3. The monoisotopic (exact) mass is 332 g/mol. The van der Waals surface area contributed by atoms with Crippen molar-refractivity contribution in [1.29, 1.82) is 0 Å². The van der Waals surface area contributed by atoms with Crippen LogP contribution in [0.3, 0.4) is 0 Å². The highest BCUT2D eigenvalue weighted by atomic mass is 32.2. The van der Waals surface area contributed by atoms with Crippen molar-refractivity contribution < 1.29 is 18.0 Å². The first-order chi connectivity index (χ1) is 10.4. The number of thioether (sulfide) groups is 1. The number of pyridine rings is 1. The van der Waals surface area contributed by atoms with E-state index in [2.05, 4.69) is 4.98 Å². The number of nitrogens with zero attached hydrogens (tertiary/aromatic N) is 2. The summed E-state index contributed by atoms with van der Waals surface area (Å²) in [4.78, 5) is 17.7. The first-order valence-electron chi connectivity index (χ1n) is 7.33. The number of carbonyl (C=O) groups excluding carboxylic acids is 1. The van der Waals surface area contributed by atoms with E-state index < -0.39 is 11.4 Å². The Morgan fingerprint density at radius 3 is 2.68 bits per heavy atom. The molecule has 2 rings (SSSR count). The quantitative estimate of drug-likeness (QED) is 0.769. The molecule has 1 amide bonds. The van der Waals surface area contributed by atoms with Crippen molar-refractivity contribution in [2.75, 3.05) is 13.6 Å². The molecular weight excluding hydrogens is 313 g/mol. The lowest BCUT2D eigenvalue weighted by molar-refractivity contribution is -0.0329. The number of aromatic nitrogens is 1. The Bertz CT molecular complexity index is 516. The minimum absolute atomic E-state index is 0.0168. The second-order valence-corrected chi connectivity index (χ2v) is 6.65. The molecular formula is C15H19F3N2OS. The van der Waals surface area contributed by atoms with Crippen LogP contribution in [0.4, 0.5) is 13.2 Å². The van der Waals surface area contributed by atoms with Crippen LogP contribution in [-0.2, 0) is 0 Å². The lowest BCUT2D eigenvalue weighted by Gasteiger charge is -2.27. The van der Waals surface area contributed by atoms with Gasteiger partial charge in [0.2, 0.25) is 0 Å². The number of hydrogen-bond acceptors (Lipinski definition) is 3. The summed E-state index contributed by atoms with van der Waals surface area (Å²) >= 11 is -0.339. The SMILES string of the molecule is CN(CC1CCCCC1)C(=O)c1cccnc1SC(F)(F)F. The molecule has 1 heterocycles. The fraction of sp³-hybridized carbons (Fsp3) is 0.600. The Morgan fingerprint density at radius 2 is 2.05 bits per heavy atom. The van der Waals surface area contributed by atoms with Gasteiger partial charge < -0.3 is 4.90 Å². The first kappa shape index (κ1) is 17.1. The van der Waals surface area contributed by atoms with Gasteiger partial charge in [-0.05, 0) is 30.9 Å². The predicted molar refractivity (Wildman–Crippen MR) is 79.7 cm³/mol. The molecule has 0 N–H and O–H groups in total. The van der Waals surface area contributed by atoms with E-state index in [9.17, 15) is 18.0 Å². The van der Waals surface area contributed by atoms with E-state index in [-0.39, 0.29) is 22.4 Å². The van der Waals surface area contributed by atoms with Crippen molar-refractivity contribution in [2.45, 2.75) is 42.6 Å². The number of rotatable bonds is 4. The fourth-order valence-corrected chi connectivity index (χ4v) is 3.39. The van der Waals surface area contributed by atoms with E-state index in [4.69, 9.17) is 0 Å². The van der Waals surface area contributed by atoms with E-state index in [1.54, 1.807) is 7.05 Å². The van der Waals surface area contributed by atoms with E-state index in [1.807, 2.05) is 0 Å². The summed E-state index contributed by atoms with van der Waals surface area (Å²) in [5.74, 6) is 0.0449. The topological polar surface area (TPSA) is 33.2 Å². The molecule has 22 heavy (non-hydrogen) atoms. The molecule has 1 aromatic rings. The van der Waals surface area contributed by atoms with Gasteiger partial charge in [-0.2, -0.15) is 13.2 Å². The molecule has 0 spiro atoms. The Morgan fingerprint density at radius 1 is 1.36 bits per heavy atom. The van der Waals surface area contributed by atoms with Crippen molar-refractivity contribution >= 4 is 17.7 Å². The normalized spacial score (nSPS) is 16.5. The van der Waals surface area contributed by atoms with Crippen molar-refractivity contribution in [3.05, 3.63) is 23.9 Å². The van der Waals surface area contributed by atoms with E-state index >= 15 is 0 Å². The van der Waals surface area contributed by atoms with Gasteiger partial charge in [0.25, 0.3) is 5.91 Å². The molecule has 3 nitrogen and oxygen atoms in total. The second kappa shape index (κ2) is 7.35. The summed E-state index contributed by atoms with van der Waals surface area (Å²) in [5.41, 5.74) is -4.44. The van der Waals surface area contributed by atoms with Gasteiger partial charge in [0.05, 0.1) is 5.56 Å². The van der Waals surface area contributed by atoms with E-state index in [0.29, 0.717) is 12.5 Å². The van der Waals surface area contributed by atoms with Gasteiger partial charge in [-0.3, -0.25) is 4.79 Å². The minimum Gasteiger partial charge on any atom is -0.341 e. The molecule has 0 radical (unpaired) electrons. The highest BCUT2D eigenvalue weighted by molar-refractivity contribution is 8.00. The first-order valence-corrected chi connectivity index (χ1v) is 8.14. The number of amides is 1. The van der Waals surface area contributed by atoms with Crippen molar-refractivity contribution in [2.24, 2.45) is 5.92 Å². The maximum Gasteiger partial charge on any atom is 0.447 e. The molecule has 0 atom stereocenters. The predicted octanol–water partition coefficient (Wildman–Crippen LogP) is 4.35. The van der Waals surface area contributed by atoms with Crippen LogP contribution in [0.15, 0.2) is 23.4 Å². The third-order valence-electron chi connectivity index (χ3n) is 3.82. The zero-order valence-electron chi connectivity index (χ0n) is 12.4. The van der Waals surface area contributed by atoms with Crippen molar-refractivity contribution in [1.82, 2.24) is 9.88 Å². The number of hydrogen-bond donors (Lipinski definition) is 0. The van der Waals surface area contributed by atoms with Crippen LogP contribution in [-0.4, -0.2) is 34.9 Å². The number of carbonyl (C=O) groups is 1. The Hall–Kier alpha value is -1.24. The van der Waals surface area contributed by atoms with Gasteiger partial charge in [-0.15, -0.1) is 0 Å². The average Bonchev–Trinajstić information content (AvgIpc) is 2.46. The van der Waals surface area contributed by atoms with Crippen molar-refractivity contribution in [3.63, 3.8) is 0 Å². The summed E-state index contributed by atoms with van der Waals surface area (Å²) in [6.45, 7) is 0.587. The van der Waals surface area contributed by atoms with Crippen LogP contribution in [0, 0.1) is 5.92 Å². The molecule has 0 unspecified atom stereocenters. The van der Waals surface area contributed by atoms with Gasteiger partial charge in [-0.1, -0.05) is 19.3 Å². The highest BCUT2D eigenvalue weighted by Gasteiger charge is 2.33. The fourth-order valence-electron chi connectivity index (χ4n) is 2.79. The zero-order chi connectivity index (χ0) is 16.2. The molecule has 1 saturated carbocycles. The number of halogens is 3. The zero-order valence-corrected chi connectivity index (χ0v) is 13.2. The average molecular weight is 332 g/mol. The van der Waals surface area contributed by atoms with Crippen LogP contribution in [0.2, 0.25) is 0 Å². The van der Waals surface area contributed by atoms with Gasteiger partial charge in [0.15, 0.2) is 0 Å². The third kappa shape index (κ3) is 4.90. The maximum absolute atomic E-state index is 12.6. The summed E-state index contributed by atoms with van der Waals surface area (Å²) in [6.07, 6.45) is 6.97. The minimum atomic E-state index is -4.45. The van der Waals surface area contributed by atoms with Crippen LogP contribution in [0.5, 0.6) is 0 Å². The van der Waals surface area contributed by atoms with Crippen LogP contribution in [0.25, 0.3) is 0 Å². The molecule has 1 fully saturated rings. The smallest absolute Gasteiger partial charge is 0.341 e. The molecule has 7 heteroatoms. The molecule has 0 aromatic carbocycles. The molecule has 0 aliphatic heterocycles. The molecule has 0 bridgehead atoms. The molecule has 122 valence electrons. The Labute approximate surface area is 132 Å². The standard InChI is InChI=1S/C15H19F3N2OS/c1-20(10-11-6-3-2-4-7-11)14(21)12-8-5-9-19-13(12)22-15(16,17)18/h5,8-9,11H,2-4,6-7,10H2,1H3. The Balaban J connectivity index is 2.07. The highest BCUT2D eigenvalue weighted by Crippen LogP contribution is 2.37. The summed E-state index contributed by atoms with van der Waals surface area (Å²) < 4.78 is 37.7. The molecule has 1 aromatic heterocycles. The van der Waals surface area contributed by atoms with Gasteiger partial charge in [0.1, 0.15) is 5.03 Å². The Kier molecular flexibility index (Phi) is 5.72. The summed E-state index contributed by atoms with van der Waals surface area (Å²) in [7, 11) is 1.64. The molecule has 0 saturated heterocycles.